The zero-order valence-electron chi connectivity index (χ0n) is 18.4. The van der Waals surface area contributed by atoms with E-state index in [-0.39, 0.29) is 31.8 Å². The van der Waals surface area contributed by atoms with E-state index in [1.165, 1.54) is 11.1 Å². The number of nitrogens with zero attached hydrogens (tertiary/aromatic N) is 3. The first kappa shape index (κ1) is 24.7. The van der Waals surface area contributed by atoms with Crippen molar-refractivity contribution in [3.63, 3.8) is 0 Å². The van der Waals surface area contributed by atoms with Crippen LogP contribution in [0.15, 0.2) is 85.3 Å². The Morgan fingerprint density at radius 2 is 1.80 bits per heavy atom. The number of rotatable bonds is 2. The summed E-state index contributed by atoms with van der Waals surface area (Å²) in [5.74, 6) is -4.13. The molecule has 3 aromatic carbocycles. The van der Waals surface area contributed by atoms with Crippen molar-refractivity contribution in [3.05, 3.63) is 131 Å². The topological polar surface area (TPSA) is 30.2 Å². The van der Waals surface area contributed by atoms with E-state index >= 15 is 0 Å². The van der Waals surface area contributed by atoms with E-state index in [9.17, 15) is 13.2 Å². The Hall–Kier alpha value is -3.41. The van der Waals surface area contributed by atoms with Crippen molar-refractivity contribution in [2.75, 3.05) is 6.54 Å². The van der Waals surface area contributed by atoms with Crippen LogP contribution in [0, 0.1) is 29.6 Å². The molecule has 6 rings (SSSR count). The zero-order valence-corrected chi connectivity index (χ0v) is 20.8. The molecule has 0 radical (unpaired) electrons. The van der Waals surface area contributed by atoms with Crippen molar-refractivity contribution in [3.8, 4) is 22.4 Å². The van der Waals surface area contributed by atoms with Crippen molar-refractivity contribution in [2.45, 2.75) is 12.6 Å². The van der Waals surface area contributed by atoms with E-state index in [4.69, 9.17) is 0 Å². The molecule has 0 saturated carbocycles. The van der Waals surface area contributed by atoms with Crippen LogP contribution in [0.2, 0.25) is 0 Å². The molecule has 35 heavy (non-hydrogen) atoms. The Morgan fingerprint density at radius 3 is 2.54 bits per heavy atom. The second-order valence-corrected chi connectivity index (χ2v) is 7.87. The molecule has 176 valence electrons. The first-order chi connectivity index (χ1) is 16.6. The Kier molecular flexibility index (Phi) is 7.69. The van der Waals surface area contributed by atoms with E-state index in [1.807, 2.05) is 42.6 Å². The van der Waals surface area contributed by atoms with Gasteiger partial charge in [0.1, 0.15) is 5.82 Å². The maximum Gasteiger partial charge on any atom is 3.00 e. The fraction of sp³-hybridized carbons (Fsp3) is 0.107. The third-order valence-electron chi connectivity index (χ3n) is 5.74. The third-order valence-corrected chi connectivity index (χ3v) is 5.74. The molecular formula is C28H19F3IrN3. The summed E-state index contributed by atoms with van der Waals surface area (Å²) < 4.78 is 39.3. The molecule has 1 atom stereocenters. The SMILES string of the molecule is Fc1[c-]c(-c2ccc(-c3ccccc3)cn2)cc(F)c1F.[Ir+3].[c-]1cccc2c1C1[N-]C=CN1CC2. The van der Waals surface area contributed by atoms with Crippen LogP contribution in [0.25, 0.3) is 27.7 Å². The molecule has 2 aliphatic rings. The van der Waals surface area contributed by atoms with Gasteiger partial charge in [0.25, 0.3) is 0 Å². The number of benzene rings is 3. The largest absolute Gasteiger partial charge is 3.00 e. The summed E-state index contributed by atoms with van der Waals surface area (Å²) in [5.41, 5.74) is 4.91. The van der Waals surface area contributed by atoms with E-state index in [1.54, 1.807) is 18.3 Å². The Morgan fingerprint density at radius 1 is 0.971 bits per heavy atom. The predicted octanol–water partition coefficient (Wildman–Crippen LogP) is 6.83. The molecule has 1 aromatic heterocycles. The minimum absolute atomic E-state index is 0. The standard InChI is InChI=1S/C17H9F3N.C11H10N2.Ir/c18-14-8-13(9-15(19)17(14)20)16-7-6-12(10-21-16)11-4-2-1-3-5-11;1-2-4-10-9(3-1)5-7-13-8-6-12-11(10)13;/h1-8,10H;1-3,6,8,11H,5,7H2;/q-1;-2;+3. The smallest absolute Gasteiger partial charge is 0.668 e. The molecule has 4 aromatic rings. The Bertz CT molecular complexity index is 1300. The van der Waals surface area contributed by atoms with Crippen molar-refractivity contribution in [2.24, 2.45) is 0 Å². The molecule has 0 bridgehead atoms. The summed E-state index contributed by atoms with van der Waals surface area (Å²) in [6, 6.07) is 25.5. The van der Waals surface area contributed by atoms with Crippen LogP contribution < -0.4 is 0 Å². The van der Waals surface area contributed by atoms with Crippen molar-refractivity contribution < 1.29 is 33.3 Å². The second kappa shape index (κ2) is 10.9. The van der Waals surface area contributed by atoms with Gasteiger partial charge in [0, 0.05) is 12.7 Å². The van der Waals surface area contributed by atoms with Gasteiger partial charge < -0.3 is 15.2 Å². The van der Waals surface area contributed by atoms with Gasteiger partial charge in [-0.05, 0) is 29.2 Å². The molecule has 0 fully saturated rings. The van der Waals surface area contributed by atoms with Crippen LogP contribution in [0.5, 0.6) is 0 Å². The van der Waals surface area contributed by atoms with E-state index in [2.05, 4.69) is 45.7 Å². The van der Waals surface area contributed by atoms with Crippen LogP contribution in [-0.4, -0.2) is 16.4 Å². The van der Waals surface area contributed by atoms with Gasteiger partial charge in [-0.15, -0.1) is 17.7 Å². The predicted molar refractivity (Wildman–Crippen MR) is 125 cm³/mol. The maximum absolute atomic E-state index is 13.2. The number of aromatic nitrogens is 1. The van der Waals surface area contributed by atoms with Crippen molar-refractivity contribution in [1.82, 2.24) is 9.88 Å². The van der Waals surface area contributed by atoms with Crippen LogP contribution in [0.1, 0.15) is 17.3 Å². The van der Waals surface area contributed by atoms with Crippen LogP contribution in [0.4, 0.5) is 13.2 Å². The van der Waals surface area contributed by atoms with E-state index in [0.717, 1.165) is 30.2 Å². The number of pyridine rings is 1. The molecule has 3 nitrogen and oxygen atoms in total. The summed E-state index contributed by atoms with van der Waals surface area (Å²) in [5, 5.41) is 4.41. The minimum Gasteiger partial charge on any atom is -0.668 e. The van der Waals surface area contributed by atoms with Crippen LogP contribution in [-0.2, 0) is 26.5 Å². The third kappa shape index (κ3) is 5.31. The van der Waals surface area contributed by atoms with Gasteiger partial charge in [-0.3, -0.25) is 4.39 Å². The fourth-order valence-electron chi connectivity index (χ4n) is 4.00. The Labute approximate surface area is 215 Å². The molecule has 0 N–H and O–H groups in total. The van der Waals surface area contributed by atoms with Gasteiger partial charge in [-0.25, -0.2) is 8.78 Å². The number of hydrogen-bond acceptors (Lipinski definition) is 2. The van der Waals surface area contributed by atoms with Gasteiger partial charge in [0.2, 0.25) is 0 Å². The van der Waals surface area contributed by atoms with Gasteiger partial charge in [-0.2, -0.15) is 41.6 Å². The molecule has 0 spiro atoms. The van der Waals surface area contributed by atoms with E-state index in [0.29, 0.717) is 5.69 Å². The monoisotopic (exact) mass is 647 g/mol. The molecule has 1 unspecified atom stereocenters. The molecule has 0 aliphatic carbocycles. The summed E-state index contributed by atoms with van der Waals surface area (Å²) in [6.07, 6.45) is 6.88. The van der Waals surface area contributed by atoms with Gasteiger partial charge in [0.05, 0.1) is 11.6 Å². The molecule has 0 saturated heterocycles. The normalized spacial score (nSPS) is 15.2. The molecule has 0 amide bonds. The summed E-state index contributed by atoms with van der Waals surface area (Å²) in [4.78, 5) is 6.41. The molecular weight excluding hydrogens is 628 g/mol. The number of halogens is 3. The maximum atomic E-state index is 13.2. The number of hydrogen-bond donors (Lipinski definition) is 0. The Balaban J connectivity index is 0.000000177. The van der Waals surface area contributed by atoms with Crippen LogP contribution >= 0.6 is 0 Å². The number of fused-ring (bicyclic) bond motifs is 3. The fourth-order valence-corrected chi connectivity index (χ4v) is 4.00. The zero-order chi connectivity index (χ0) is 23.5. The van der Waals surface area contributed by atoms with Crippen molar-refractivity contribution in [1.29, 1.82) is 0 Å². The average Bonchev–Trinajstić information content (AvgIpc) is 3.38. The molecule has 3 heterocycles. The average molecular weight is 647 g/mol. The first-order valence-corrected chi connectivity index (χ1v) is 10.8. The first-order valence-electron chi connectivity index (χ1n) is 10.8. The quantitative estimate of drug-likeness (QED) is 0.177. The van der Waals surface area contributed by atoms with E-state index < -0.39 is 17.5 Å². The molecule has 2 aliphatic heterocycles. The summed E-state index contributed by atoms with van der Waals surface area (Å²) in [6.45, 7) is 1.08. The summed E-state index contributed by atoms with van der Waals surface area (Å²) in [7, 11) is 0. The van der Waals surface area contributed by atoms with Crippen molar-refractivity contribution >= 4 is 0 Å². The van der Waals surface area contributed by atoms with Crippen LogP contribution in [0.3, 0.4) is 0 Å². The minimum atomic E-state index is -1.53. The molecule has 7 heteroatoms. The van der Waals surface area contributed by atoms with Gasteiger partial charge in [-0.1, -0.05) is 48.9 Å². The van der Waals surface area contributed by atoms with Gasteiger partial charge in [0.15, 0.2) is 0 Å². The van der Waals surface area contributed by atoms with Gasteiger partial charge >= 0.3 is 20.1 Å². The summed E-state index contributed by atoms with van der Waals surface area (Å²) >= 11 is 0. The second-order valence-electron chi connectivity index (χ2n) is 7.87.